The number of carbonyl (C=O) groups is 1. The average molecular weight is 455 g/mol. The lowest BCUT2D eigenvalue weighted by molar-refractivity contribution is -0.157. The highest BCUT2D eigenvalue weighted by Gasteiger charge is 2.47. The topological polar surface area (TPSA) is 61.8 Å². The van der Waals surface area contributed by atoms with E-state index in [1.165, 1.54) is 44.1 Å². The molecule has 1 heterocycles. The fourth-order valence-corrected chi connectivity index (χ4v) is 6.39. The second kappa shape index (κ2) is 10.1. The first-order valence-corrected chi connectivity index (χ1v) is 13.4. The van der Waals surface area contributed by atoms with E-state index < -0.39 is 11.4 Å². The van der Waals surface area contributed by atoms with Gasteiger partial charge in [0.15, 0.2) is 0 Å². The maximum Gasteiger partial charge on any atom is 0.310 e. The molecule has 0 radical (unpaired) electrons. The van der Waals surface area contributed by atoms with Crippen LogP contribution >= 0.6 is 0 Å². The fraction of sp³-hybridized carbons (Fsp3) is 0.750. The van der Waals surface area contributed by atoms with Gasteiger partial charge in [-0.1, -0.05) is 56.0 Å². The summed E-state index contributed by atoms with van der Waals surface area (Å²) in [6, 6.07) is 11.5. The minimum atomic E-state index is -0.589. The summed E-state index contributed by atoms with van der Waals surface area (Å²) in [7, 11) is 0. The van der Waals surface area contributed by atoms with Crippen LogP contribution in [0.15, 0.2) is 30.3 Å². The smallest absolute Gasteiger partial charge is 0.310 e. The molecule has 1 aliphatic heterocycles. The number of carboxylic acid groups (broad SMARTS) is 1. The average Bonchev–Trinajstić information content (AvgIpc) is 3.61. The molecule has 5 rings (SSSR count). The molecule has 0 amide bonds. The third-order valence-corrected chi connectivity index (χ3v) is 9.14. The molecule has 3 aliphatic carbocycles. The van der Waals surface area contributed by atoms with Crippen LogP contribution < -0.4 is 5.32 Å². The highest BCUT2D eigenvalue weighted by molar-refractivity contribution is 5.76. The molecule has 4 aliphatic rings. The molecule has 33 heavy (non-hydrogen) atoms. The Morgan fingerprint density at radius 2 is 1.76 bits per heavy atom. The van der Waals surface area contributed by atoms with E-state index in [9.17, 15) is 9.90 Å². The van der Waals surface area contributed by atoms with Crippen molar-refractivity contribution in [3.05, 3.63) is 35.9 Å². The second-order valence-electron chi connectivity index (χ2n) is 11.5. The van der Waals surface area contributed by atoms with Crippen molar-refractivity contribution in [3.63, 3.8) is 0 Å². The number of hydrogen-bond acceptors (Lipinski definition) is 4. The molecule has 0 unspecified atom stereocenters. The van der Waals surface area contributed by atoms with E-state index in [4.69, 9.17) is 4.74 Å². The number of rotatable bonds is 10. The number of aliphatic carboxylic acids is 1. The predicted molar refractivity (Wildman–Crippen MR) is 130 cm³/mol. The first-order chi connectivity index (χ1) is 16.1. The summed E-state index contributed by atoms with van der Waals surface area (Å²) in [6.45, 7) is 4.60. The van der Waals surface area contributed by atoms with Crippen molar-refractivity contribution >= 4 is 5.97 Å². The molecule has 1 saturated heterocycles. The van der Waals surface area contributed by atoms with Crippen molar-refractivity contribution in [1.82, 2.24) is 10.2 Å². The molecule has 2 N–H and O–H groups in total. The Morgan fingerprint density at radius 1 is 1.03 bits per heavy atom. The minimum Gasteiger partial charge on any atom is -0.481 e. The lowest BCUT2D eigenvalue weighted by atomic mass is 9.68. The molecule has 1 aromatic carbocycles. The van der Waals surface area contributed by atoms with Gasteiger partial charge in [-0.25, -0.2) is 0 Å². The minimum absolute atomic E-state index is 0.174. The van der Waals surface area contributed by atoms with Gasteiger partial charge < -0.3 is 20.1 Å². The van der Waals surface area contributed by atoms with Crippen LogP contribution in [0, 0.1) is 10.8 Å². The maximum atomic E-state index is 11.9. The third-order valence-electron chi connectivity index (χ3n) is 9.14. The molecule has 3 saturated carbocycles. The lowest BCUT2D eigenvalue weighted by Gasteiger charge is -2.47. The maximum absolute atomic E-state index is 11.9. The Hall–Kier alpha value is -1.43. The SMILES string of the molecule is O=C(O)C1(CN2CCC(CN[C@@H]3C[C@@H]3c3ccccc3)(COC3CCCCC3)CC2)CCC1. The molecule has 182 valence electrons. The molecule has 1 aromatic rings. The molecular weight excluding hydrogens is 412 g/mol. The van der Waals surface area contributed by atoms with Crippen LogP contribution in [-0.2, 0) is 9.53 Å². The first kappa shape index (κ1) is 23.3. The van der Waals surface area contributed by atoms with Crippen LogP contribution in [0.4, 0.5) is 0 Å². The van der Waals surface area contributed by atoms with Crippen LogP contribution in [-0.4, -0.2) is 60.9 Å². The van der Waals surface area contributed by atoms with Gasteiger partial charge in [-0.2, -0.15) is 0 Å². The molecule has 5 nitrogen and oxygen atoms in total. The molecule has 4 fully saturated rings. The van der Waals surface area contributed by atoms with Crippen molar-refractivity contribution in [1.29, 1.82) is 0 Å². The Kier molecular flexibility index (Phi) is 7.10. The monoisotopic (exact) mass is 454 g/mol. The standard InChI is InChI=1S/C28H42N2O3/c31-26(32)28(12-7-13-28)20-30-16-14-27(15-17-30,21-33-23-10-5-2-6-11-23)19-29-25-18-24(25)22-8-3-1-4-9-22/h1,3-4,8-9,23-25,29H,2,5-7,10-21H2,(H,31,32)/t24-,25-/m1/s1. The van der Waals surface area contributed by atoms with E-state index >= 15 is 0 Å². The van der Waals surface area contributed by atoms with Crippen molar-refractivity contribution in [2.75, 3.05) is 32.8 Å². The number of piperidine rings is 1. The number of hydrogen-bond donors (Lipinski definition) is 2. The number of ether oxygens (including phenoxy) is 1. The van der Waals surface area contributed by atoms with Gasteiger partial charge in [0.05, 0.1) is 18.1 Å². The van der Waals surface area contributed by atoms with E-state index in [-0.39, 0.29) is 5.41 Å². The van der Waals surface area contributed by atoms with Crippen LogP contribution in [0.1, 0.15) is 82.1 Å². The van der Waals surface area contributed by atoms with Crippen LogP contribution in [0.2, 0.25) is 0 Å². The van der Waals surface area contributed by atoms with E-state index in [1.807, 2.05) is 0 Å². The second-order valence-corrected chi connectivity index (χ2v) is 11.5. The summed E-state index contributed by atoms with van der Waals surface area (Å²) in [6.07, 6.45) is 13.0. The first-order valence-electron chi connectivity index (χ1n) is 13.4. The van der Waals surface area contributed by atoms with Crippen molar-refractivity contribution in [2.24, 2.45) is 10.8 Å². The van der Waals surface area contributed by atoms with E-state index in [2.05, 4.69) is 40.5 Å². The highest BCUT2D eigenvalue weighted by Crippen LogP contribution is 2.44. The summed E-state index contributed by atoms with van der Waals surface area (Å²) in [4.78, 5) is 14.3. The summed E-state index contributed by atoms with van der Waals surface area (Å²) in [5.41, 5.74) is 1.15. The predicted octanol–water partition coefficient (Wildman–Crippen LogP) is 4.82. The molecule has 0 bridgehead atoms. The molecule has 5 heteroatoms. The highest BCUT2D eigenvalue weighted by atomic mass is 16.5. The Bertz CT molecular complexity index is 780. The Labute approximate surface area is 199 Å². The number of nitrogens with one attached hydrogen (secondary N) is 1. The largest absolute Gasteiger partial charge is 0.481 e. The van der Waals surface area contributed by atoms with E-state index in [0.29, 0.717) is 18.1 Å². The quantitative estimate of drug-likeness (QED) is 0.531. The zero-order chi connectivity index (χ0) is 22.7. The van der Waals surface area contributed by atoms with Gasteiger partial charge in [0.2, 0.25) is 0 Å². The van der Waals surface area contributed by atoms with Gasteiger partial charge in [0.1, 0.15) is 0 Å². The van der Waals surface area contributed by atoms with E-state index in [0.717, 1.165) is 64.9 Å². The van der Waals surface area contributed by atoms with Crippen molar-refractivity contribution in [3.8, 4) is 0 Å². The fourth-order valence-electron chi connectivity index (χ4n) is 6.39. The van der Waals surface area contributed by atoms with Crippen LogP contribution in [0.25, 0.3) is 0 Å². The van der Waals surface area contributed by atoms with Crippen LogP contribution in [0.5, 0.6) is 0 Å². The summed E-state index contributed by atoms with van der Waals surface area (Å²) < 4.78 is 6.54. The summed E-state index contributed by atoms with van der Waals surface area (Å²) in [5.74, 6) is 0.0604. The third kappa shape index (κ3) is 5.47. The van der Waals surface area contributed by atoms with Gasteiger partial charge in [-0.15, -0.1) is 0 Å². The van der Waals surface area contributed by atoms with Crippen LogP contribution in [0.3, 0.4) is 0 Å². The molecule has 2 atom stereocenters. The zero-order valence-corrected chi connectivity index (χ0v) is 20.1. The molecule has 0 spiro atoms. The summed E-state index contributed by atoms with van der Waals surface area (Å²) >= 11 is 0. The zero-order valence-electron chi connectivity index (χ0n) is 20.1. The number of nitrogens with zero attached hydrogens (tertiary/aromatic N) is 1. The van der Waals surface area contributed by atoms with Crippen molar-refractivity contribution in [2.45, 2.75) is 88.7 Å². The van der Waals surface area contributed by atoms with Gasteiger partial charge in [-0.3, -0.25) is 4.79 Å². The van der Waals surface area contributed by atoms with E-state index in [1.54, 1.807) is 0 Å². The molecular formula is C28H42N2O3. The summed E-state index contributed by atoms with van der Waals surface area (Å²) in [5, 5.41) is 13.7. The number of carboxylic acids is 1. The normalized spacial score (nSPS) is 29.3. The molecule has 0 aromatic heterocycles. The van der Waals surface area contributed by atoms with Gasteiger partial charge >= 0.3 is 5.97 Å². The van der Waals surface area contributed by atoms with Gasteiger partial charge in [-0.05, 0) is 63.6 Å². The van der Waals surface area contributed by atoms with Gasteiger partial charge in [0.25, 0.3) is 0 Å². The van der Waals surface area contributed by atoms with Crippen molar-refractivity contribution < 1.29 is 14.6 Å². The number of likely N-dealkylation sites (tertiary alicyclic amines) is 1. The Morgan fingerprint density at radius 3 is 2.39 bits per heavy atom. The Balaban J connectivity index is 1.17. The van der Waals surface area contributed by atoms with Gasteiger partial charge in [0, 0.05) is 30.5 Å². The lowest BCUT2D eigenvalue weighted by Crippen LogP contribution is -2.53. The number of benzene rings is 1.